The maximum Gasteiger partial charge on any atom is 0.191 e. The maximum absolute atomic E-state index is 13.5. The Labute approximate surface area is 146 Å². The number of rotatable bonds is 4. The normalized spacial score (nSPS) is 20.3. The molecule has 2 heterocycles. The number of aromatic nitrogens is 1. The van der Waals surface area contributed by atoms with Crippen LogP contribution < -0.4 is 10.6 Å². The lowest BCUT2D eigenvalue weighted by atomic mass is 10.3. The van der Waals surface area contributed by atoms with Gasteiger partial charge in [-0.15, -0.1) is 24.0 Å². The molecule has 1 fully saturated rings. The van der Waals surface area contributed by atoms with E-state index in [1.54, 1.807) is 0 Å². The predicted molar refractivity (Wildman–Crippen MR) is 94.6 cm³/mol. The number of guanidine groups is 1. The van der Waals surface area contributed by atoms with Crippen LogP contribution in [0, 0.1) is 5.82 Å². The van der Waals surface area contributed by atoms with E-state index in [4.69, 9.17) is 0 Å². The fourth-order valence-corrected chi connectivity index (χ4v) is 3.78. The largest absolute Gasteiger partial charge is 0.357 e. The average Bonchev–Trinajstić information content (AvgIpc) is 2.77. The van der Waals surface area contributed by atoms with Gasteiger partial charge in [0.1, 0.15) is 5.82 Å². The zero-order valence-electron chi connectivity index (χ0n) is 12.3. The average molecular weight is 442 g/mol. The summed E-state index contributed by atoms with van der Waals surface area (Å²) in [5.74, 6) is 0.374. The van der Waals surface area contributed by atoms with Gasteiger partial charge in [-0.05, 0) is 25.5 Å². The van der Waals surface area contributed by atoms with Crippen LogP contribution in [0.15, 0.2) is 23.3 Å². The summed E-state index contributed by atoms with van der Waals surface area (Å²) in [5, 5.41) is 6.09. The standard InChI is InChI=1S/C13H19FN4O2S.HI/c1-2-15-13(18-10-5-7-21(19,20)9-10)17-8-12-11(14)4-3-6-16-12;/h3-4,6,10H,2,5,7-9H2,1H3,(H2,15,17,18);1H. The molecule has 2 N–H and O–H groups in total. The van der Waals surface area contributed by atoms with E-state index in [0.29, 0.717) is 18.9 Å². The Bertz CT molecular complexity index is 624. The minimum atomic E-state index is -2.95. The number of pyridine rings is 1. The molecule has 1 aliphatic rings. The third-order valence-corrected chi connectivity index (χ3v) is 4.91. The first-order valence-electron chi connectivity index (χ1n) is 6.85. The molecule has 0 spiro atoms. The zero-order valence-corrected chi connectivity index (χ0v) is 15.4. The molecule has 9 heteroatoms. The van der Waals surface area contributed by atoms with Crippen molar-refractivity contribution in [1.29, 1.82) is 0 Å². The Morgan fingerprint density at radius 3 is 2.91 bits per heavy atom. The molecule has 2 rings (SSSR count). The van der Waals surface area contributed by atoms with E-state index in [1.807, 2.05) is 6.92 Å². The highest BCUT2D eigenvalue weighted by Gasteiger charge is 2.28. The second-order valence-electron chi connectivity index (χ2n) is 4.87. The van der Waals surface area contributed by atoms with E-state index in [9.17, 15) is 12.8 Å². The minimum Gasteiger partial charge on any atom is -0.357 e. The third kappa shape index (κ3) is 5.67. The lowest BCUT2D eigenvalue weighted by Crippen LogP contribution is -2.44. The number of hydrogen-bond acceptors (Lipinski definition) is 4. The Morgan fingerprint density at radius 1 is 1.55 bits per heavy atom. The van der Waals surface area contributed by atoms with E-state index in [1.165, 1.54) is 18.3 Å². The van der Waals surface area contributed by atoms with Gasteiger partial charge in [0, 0.05) is 18.8 Å². The van der Waals surface area contributed by atoms with Crippen LogP contribution in [0.4, 0.5) is 4.39 Å². The molecule has 0 radical (unpaired) electrons. The fraction of sp³-hybridized carbons (Fsp3) is 0.538. The zero-order chi connectivity index (χ0) is 15.3. The van der Waals surface area contributed by atoms with Crippen LogP contribution in [0.2, 0.25) is 0 Å². The molecule has 124 valence electrons. The van der Waals surface area contributed by atoms with Crippen molar-refractivity contribution in [3.05, 3.63) is 29.8 Å². The van der Waals surface area contributed by atoms with Crippen molar-refractivity contribution < 1.29 is 12.8 Å². The molecule has 1 aromatic rings. The van der Waals surface area contributed by atoms with Crippen LogP contribution in [-0.2, 0) is 16.4 Å². The van der Waals surface area contributed by atoms with E-state index < -0.39 is 15.7 Å². The van der Waals surface area contributed by atoms with E-state index in [-0.39, 0.29) is 53.8 Å². The summed E-state index contributed by atoms with van der Waals surface area (Å²) in [6.07, 6.45) is 2.07. The van der Waals surface area contributed by atoms with Crippen LogP contribution in [0.25, 0.3) is 0 Å². The van der Waals surface area contributed by atoms with Gasteiger partial charge >= 0.3 is 0 Å². The molecular weight excluding hydrogens is 422 g/mol. The topological polar surface area (TPSA) is 83.4 Å². The van der Waals surface area contributed by atoms with Gasteiger partial charge in [-0.1, -0.05) is 0 Å². The summed E-state index contributed by atoms with van der Waals surface area (Å²) in [6, 6.07) is 2.71. The lowest BCUT2D eigenvalue weighted by Gasteiger charge is -2.15. The van der Waals surface area contributed by atoms with Crippen molar-refractivity contribution in [2.45, 2.75) is 25.9 Å². The van der Waals surface area contributed by atoms with Crippen molar-refractivity contribution in [2.75, 3.05) is 18.1 Å². The third-order valence-electron chi connectivity index (χ3n) is 3.14. The molecule has 0 saturated carbocycles. The van der Waals surface area contributed by atoms with Gasteiger partial charge in [0.2, 0.25) is 0 Å². The summed E-state index contributed by atoms with van der Waals surface area (Å²) in [4.78, 5) is 8.18. The Morgan fingerprint density at radius 2 is 2.32 bits per heavy atom. The Hall–Kier alpha value is -0.970. The van der Waals surface area contributed by atoms with Gasteiger partial charge < -0.3 is 10.6 Å². The van der Waals surface area contributed by atoms with Crippen molar-refractivity contribution in [3.8, 4) is 0 Å². The van der Waals surface area contributed by atoms with Crippen LogP contribution in [0.5, 0.6) is 0 Å². The first kappa shape index (κ1) is 19.1. The summed E-state index contributed by atoms with van der Waals surface area (Å²) >= 11 is 0. The molecule has 1 atom stereocenters. The fourth-order valence-electron chi connectivity index (χ4n) is 2.11. The van der Waals surface area contributed by atoms with Crippen LogP contribution in [0.1, 0.15) is 19.0 Å². The molecule has 0 aromatic carbocycles. The number of halogens is 2. The minimum absolute atomic E-state index is 0. The van der Waals surface area contributed by atoms with Gasteiger partial charge in [0.05, 0.1) is 23.7 Å². The van der Waals surface area contributed by atoms with Crippen molar-refractivity contribution in [3.63, 3.8) is 0 Å². The number of nitrogens with zero attached hydrogens (tertiary/aromatic N) is 2. The maximum atomic E-state index is 13.5. The molecule has 0 aliphatic carbocycles. The number of nitrogens with one attached hydrogen (secondary N) is 2. The Kier molecular flexibility index (Phi) is 7.46. The molecule has 1 aliphatic heterocycles. The number of sulfone groups is 1. The Balaban J connectivity index is 0.00000242. The second kappa shape index (κ2) is 8.61. The summed E-state index contributed by atoms with van der Waals surface area (Å²) < 4.78 is 36.4. The highest BCUT2D eigenvalue weighted by atomic mass is 127. The monoisotopic (exact) mass is 442 g/mol. The van der Waals surface area contributed by atoms with E-state index in [2.05, 4.69) is 20.6 Å². The van der Waals surface area contributed by atoms with Crippen molar-refractivity contribution in [2.24, 2.45) is 4.99 Å². The summed E-state index contributed by atoms with van der Waals surface area (Å²) in [6.45, 7) is 2.64. The second-order valence-corrected chi connectivity index (χ2v) is 7.10. The first-order valence-corrected chi connectivity index (χ1v) is 8.67. The smallest absolute Gasteiger partial charge is 0.191 e. The van der Waals surface area contributed by atoms with Crippen molar-refractivity contribution in [1.82, 2.24) is 15.6 Å². The molecular formula is C13H20FIN4O2S. The highest BCUT2D eigenvalue weighted by Crippen LogP contribution is 2.11. The van der Waals surface area contributed by atoms with Gasteiger partial charge in [-0.25, -0.2) is 17.8 Å². The summed E-state index contributed by atoms with van der Waals surface area (Å²) in [7, 11) is -2.95. The molecule has 6 nitrogen and oxygen atoms in total. The van der Waals surface area contributed by atoms with Crippen LogP contribution in [0.3, 0.4) is 0 Å². The molecule has 0 bridgehead atoms. The van der Waals surface area contributed by atoms with Crippen molar-refractivity contribution >= 4 is 39.8 Å². The molecule has 1 saturated heterocycles. The van der Waals surface area contributed by atoms with Gasteiger partial charge in [-0.2, -0.15) is 0 Å². The quantitative estimate of drug-likeness (QED) is 0.415. The number of hydrogen-bond donors (Lipinski definition) is 2. The van der Waals surface area contributed by atoms with E-state index in [0.717, 1.165) is 0 Å². The molecule has 1 aromatic heterocycles. The highest BCUT2D eigenvalue weighted by molar-refractivity contribution is 14.0. The predicted octanol–water partition coefficient (Wildman–Crippen LogP) is 1.08. The molecule has 0 amide bonds. The number of aliphatic imine (C=N–C) groups is 1. The van der Waals surface area contributed by atoms with Gasteiger partial charge in [0.15, 0.2) is 15.8 Å². The van der Waals surface area contributed by atoms with Gasteiger partial charge in [-0.3, -0.25) is 4.98 Å². The van der Waals surface area contributed by atoms with Crippen LogP contribution >= 0.6 is 24.0 Å². The summed E-state index contributed by atoms with van der Waals surface area (Å²) in [5.41, 5.74) is 0.258. The van der Waals surface area contributed by atoms with E-state index >= 15 is 0 Å². The first-order chi connectivity index (χ1) is 10.00. The van der Waals surface area contributed by atoms with Gasteiger partial charge in [0.25, 0.3) is 0 Å². The lowest BCUT2D eigenvalue weighted by molar-refractivity contribution is 0.597. The SMILES string of the molecule is CCNC(=NCc1ncccc1F)NC1CCS(=O)(=O)C1.I. The molecule has 1 unspecified atom stereocenters. The molecule has 22 heavy (non-hydrogen) atoms. The van der Waals surface area contributed by atoms with Crippen LogP contribution in [-0.4, -0.2) is 43.5 Å².